The average Bonchev–Trinajstić information content (AvgIpc) is 2.74. The van der Waals surface area contributed by atoms with E-state index in [1.165, 1.54) is 0 Å². The Labute approximate surface area is 174 Å². The summed E-state index contributed by atoms with van der Waals surface area (Å²) in [5.41, 5.74) is 6.08. The summed E-state index contributed by atoms with van der Waals surface area (Å²) in [6, 6.07) is 34.9. The summed E-state index contributed by atoms with van der Waals surface area (Å²) in [4.78, 5) is 4.39. The van der Waals surface area contributed by atoms with Crippen molar-refractivity contribution in [2.24, 2.45) is 0 Å². The molecular weight excluding hydrogens is 509 g/mol. The number of benzene rings is 3. The fourth-order valence-corrected chi connectivity index (χ4v) is 2.80. The molecule has 1 aromatic heterocycles. The van der Waals surface area contributed by atoms with Crippen molar-refractivity contribution in [1.82, 2.24) is 4.98 Å². The largest absolute Gasteiger partial charge is 0.295 e. The van der Waals surface area contributed by atoms with Crippen LogP contribution >= 0.6 is 0 Å². The Kier molecular flexibility index (Phi) is 6.52. The molecular formula is C25H16NPt-3. The first-order chi connectivity index (χ1) is 12.9. The Morgan fingerprint density at radius 2 is 1.59 bits per heavy atom. The van der Waals surface area contributed by atoms with Crippen LogP contribution in [0.2, 0.25) is 0 Å². The fraction of sp³-hybridized carbons (Fsp3) is 0. The molecule has 27 heavy (non-hydrogen) atoms. The van der Waals surface area contributed by atoms with E-state index < -0.39 is 0 Å². The predicted molar refractivity (Wildman–Crippen MR) is 106 cm³/mol. The maximum Gasteiger partial charge on any atom is 0.0183 e. The van der Waals surface area contributed by atoms with E-state index in [-0.39, 0.29) is 21.1 Å². The van der Waals surface area contributed by atoms with Crippen LogP contribution in [0.15, 0.2) is 91.1 Å². The zero-order chi connectivity index (χ0) is 17.6. The first kappa shape index (κ1) is 19.0. The van der Waals surface area contributed by atoms with Crippen molar-refractivity contribution in [2.45, 2.75) is 0 Å². The van der Waals surface area contributed by atoms with Gasteiger partial charge in [-0.2, -0.15) is 29.3 Å². The SMILES string of the molecule is [C-](=Cc1[c-]c(-c2ccccn2)ccc1)c1ccccc1-c1[c-]cccc1.[Pt]. The minimum absolute atomic E-state index is 0. The number of rotatable bonds is 4. The number of hydrogen-bond acceptors (Lipinski definition) is 1. The standard InChI is InChI=1S/C25H16N.Pt/c1-2-10-21(11-3-1)24-14-5-4-12-22(24)17-16-20-9-8-13-23(19-20)25-15-6-7-18-26-25;/h1-10,12-16,18H;/q-3;. The number of hydrogen-bond donors (Lipinski definition) is 0. The summed E-state index contributed by atoms with van der Waals surface area (Å²) in [6.45, 7) is 0. The molecule has 0 aliphatic carbocycles. The van der Waals surface area contributed by atoms with Crippen molar-refractivity contribution in [3.05, 3.63) is 120 Å². The van der Waals surface area contributed by atoms with Crippen LogP contribution in [-0.2, 0) is 21.1 Å². The van der Waals surface area contributed by atoms with Gasteiger partial charge in [-0.1, -0.05) is 24.3 Å². The monoisotopic (exact) mass is 525 g/mol. The smallest absolute Gasteiger partial charge is 0.0183 e. The summed E-state index contributed by atoms with van der Waals surface area (Å²) in [5.74, 6) is 0. The van der Waals surface area contributed by atoms with Crippen LogP contribution in [-0.4, -0.2) is 4.98 Å². The van der Waals surface area contributed by atoms with Crippen LogP contribution in [0.25, 0.3) is 28.5 Å². The number of nitrogens with zero attached hydrogens (tertiary/aromatic N) is 1. The maximum absolute atomic E-state index is 4.39. The Morgan fingerprint density at radius 1 is 0.778 bits per heavy atom. The Balaban J connectivity index is 0.00000210. The van der Waals surface area contributed by atoms with Crippen LogP contribution in [0.4, 0.5) is 0 Å². The van der Waals surface area contributed by atoms with E-state index >= 15 is 0 Å². The molecule has 0 saturated carbocycles. The van der Waals surface area contributed by atoms with E-state index in [1.807, 2.05) is 72.8 Å². The molecule has 2 heteroatoms. The quantitative estimate of drug-likeness (QED) is 0.240. The van der Waals surface area contributed by atoms with Gasteiger partial charge in [0.1, 0.15) is 0 Å². The van der Waals surface area contributed by atoms with Crippen molar-refractivity contribution >= 4 is 6.08 Å². The summed E-state index contributed by atoms with van der Waals surface area (Å²) in [5, 5.41) is 0. The first-order valence-electron chi connectivity index (χ1n) is 8.50. The molecule has 0 atom stereocenters. The molecule has 0 saturated heterocycles. The molecule has 0 radical (unpaired) electrons. The van der Waals surface area contributed by atoms with Gasteiger partial charge >= 0.3 is 0 Å². The van der Waals surface area contributed by atoms with Gasteiger partial charge in [0.25, 0.3) is 0 Å². The van der Waals surface area contributed by atoms with Crippen molar-refractivity contribution in [3.63, 3.8) is 0 Å². The second-order valence-corrected chi connectivity index (χ2v) is 5.85. The van der Waals surface area contributed by atoms with E-state index in [0.29, 0.717) is 0 Å². The van der Waals surface area contributed by atoms with Crippen molar-refractivity contribution in [2.75, 3.05) is 0 Å². The first-order valence-corrected chi connectivity index (χ1v) is 8.50. The third-order valence-corrected chi connectivity index (χ3v) is 4.07. The van der Waals surface area contributed by atoms with E-state index in [1.54, 1.807) is 6.20 Å². The molecule has 1 nitrogen and oxygen atoms in total. The molecule has 0 fully saturated rings. The van der Waals surface area contributed by atoms with Gasteiger partial charge in [-0.05, 0) is 6.07 Å². The normalized spacial score (nSPS) is 10.5. The maximum atomic E-state index is 4.39. The van der Waals surface area contributed by atoms with Crippen LogP contribution in [0, 0.1) is 18.2 Å². The van der Waals surface area contributed by atoms with Gasteiger partial charge in [0.15, 0.2) is 0 Å². The van der Waals surface area contributed by atoms with Gasteiger partial charge in [0, 0.05) is 33.0 Å². The molecule has 4 aromatic rings. The van der Waals surface area contributed by atoms with Crippen LogP contribution < -0.4 is 0 Å². The van der Waals surface area contributed by atoms with E-state index in [2.05, 4.69) is 41.4 Å². The van der Waals surface area contributed by atoms with Gasteiger partial charge < -0.3 is 0 Å². The molecule has 1 heterocycles. The summed E-state index contributed by atoms with van der Waals surface area (Å²) >= 11 is 0. The fourth-order valence-electron chi connectivity index (χ4n) is 2.80. The Morgan fingerprint density at radius 3 is 2.41 bits per heavy atom. The van der Waals surface area contributed by atoms with Gasteiger partial charge in [0.2, 0.25) is 0 Å². The minimum Gasteiger partial charge on any atom is -0.295 e. The minimum atomic E-state index is 0. The Bertz CT molecular complexity index is 1020. The third-order valence-electron chi connectivity index (χ3n) is 4.07. The molecule has 0 bridgehead atoms. The molecule has 0 amide bonds. The molecule has 4 rings (SSSR count). The van der Waals surface area contributed by atoms with Gasteiger partial charge in [-0.15, -0.1) is 71.3 Å². The van der Waals surface area contributed by atoms with Crippen molar-refractivity contribution in [3.8, 4) is 22.4 Å². The average molecular weight is 525 g/mol. The molecule has 3 aromatic carbocycles. The molecule has 0 aliphatic heterocycles. The summed E-state index contributed by atoms with van der Waals surface area (Å²) in [6.07, 6.45) is 7.17. The van der Waals surface area contributed by atoms with E-state index in [4.69, 9.17) is 0 Å². The predicted octanol–water partition coefficient (Wildman–Crippen LogP) is 5.88. The van der Waals surface area contributed by atoms with Gasteiger partial charge in [-0.25, -0.2) is 6.08 Å². The van der Waals surface area contributed by atoms with Crippen LogP contribution in [0.5, 0.6) is 0 Å². The zero-order valence-corrected chi connectivity index (χ0v) is 16.8. The van der Waals surface area contributed by atoms with Crippen molar-refractivity contribution in [1.29, 1.82) is 0 Å². The van der Waals surface area contributed by atoms with Crippen LogP contribution in [0.3, 0.4) is 0 Å². The second-order valence-electron chi connectivity index (χ2n) is 5.85. The number of aromatic nitrogens is 1. The molecule has 0 aliphatic rings. The summed E-state index contributed by atoms with van der Waals surface area (Å²) < 4.78 is 0. The second kappa shape index (κ2) is 9.26. The molecule has 0 spiro atoms. The third kappa shape index (κ3) is 4.70. The molecule has 0 N–H and O–H groups in total. The summed E-state index contributed by atoms with van der Waals surface area (Å²) in [7, 11) is 0. The Hall–Kier alpha value is -2.76. The van der Waals surface area contributed by atoms with Crippen molar-refractivity contribution < 1.29 is 21.1 Å². The molecule has 134 valence electrons. The zero-order valence-electron chi connectivity index (χ0n) is 14.5. The topological polar surface area (TPSA) is 12.9 Å². The van der Waals surface area contributed by atoms with E-state index in [9.17, 15) is 0 Å². The van der Waals surface area contributed by atoms with Gasteiger partial charge in [0.05, 0.1) is 0 Å². The van der Waals surface area contributed by atoms with Gasteiger partial charge in [-0.3, -0.25) is 4.98 Å². The molecule has 0 unspecified atom stereocenters. The number of pyridine rings is 1. The van der Waals surface area contributed by atoms with E-state index in [0.717, 1.165) is 33.5 Å². The van der Waals surface area contributed by atoms with Crippen LogP contribution in [0.1, 0.15) is 11.1 Å².